The lowest BCUT2D eigenvalue weighted by Gasteiger charge is -2.36. The Morgan fingerprint density at radius 1 is 1.47 bits per heavy atom. The number of methoxy groups -OCH3 is 1. The number of cyclic esters (lactones) is 1. The number of hydrogen-bond acceptors (Lipinski definition) is 4. The summed E-state index contributed by atoms with van der Waals surface area (Å²) in [7, 11) is 1.69. The lowest BCUT2D eigenvalue weighted by atomic mass is 9.67. The standard InChI is InChI=1S/C15H18O4/c1-9-11(17-3)4-6-15(2)12(9)14(16)19-13(15)10-5-7-18-8-10/h5,7-8,11,13H,4,6H2,1-3H3/t11?,13-,15+/m0/s1. The first-order valence-electron chi connectivity index (χ1n) is 6.55. The van der Waals surface area contributed by atoms with E-state index in [2.05, 4.69) is 6.92 Å². The number of esters is 1. The fourth-order valence-corrected chi connectivity index (χ4v) is 3.49. The zero-order chi connectivity index (χ0) is 13.6. The van der Waals surface area contributed by atoms with Gasteiger partial charge in [0.1, 0.15) is 6.10 Å². The zero-order valence-electron chi connectivity index (χ0n) is 11.4. The molecule has 0 saturated carbocycles. The Bertz CT molecular complexity index is 528. The van der Waals surface area contributed by atoms with Crippen LogP contribution < -0.4 is 0 Å². The Kier molecular flexibility index (Phi) is 2.78. The van der Waals surface area contributed by atoms with Crippen molar-refractivity contribution in [2.45, 2.75) is 38.9 Å². The Balaban J connectivity index is 2.08. The van der Waals surface area contributed by atoms with Crippen molar-refractivity contribution in [1.29, 1.82) is 0 Å². The molecule has 4 heteroatoms. The molecule has 1 aliphatic heterocycles. The normalized spacial score (nSPS) is 34.4. The van der Waals surface area contributed by atoms with Gasteiger partial charge < -0.3 is 13.9 Å². The maximum atomic E-state index is 12.2. The fraction of sp³-hybridized carbons (Fsp3) is 0.533. The van der Waals surface area contributed by atoms with Crippen LogP contribution in [0.5, 0.6) is 0 Å². The molecule has 2 heterocycles. The highest BCUT2D eigenvalue weighted by Gasteiger charge is 2.54. The molecular formula is C15H18O4. The summed E-state index contributed by atoms with van der Waals surface area (Å²) in [6.07, 6.45) is 4.83. The van der Waals surface area contributed by atoms with E-state index in [1.165, 1.54) is 0 Å². The summed E-state index contributed by atoms with van der Waals surface area (Å²) in [5.41, 5.74) is 2.44. The van der Waals surface area contributed by atoms with Crippen molar-refractivity contribution in [2.24, 2.45) is 5.41 Å². The van der Waals surface area contributed by atoms with Crippen LogP contribution in [0.2, 0.25) is 0 Å². The van der Waals surface area contributed by atoms with Gasteiger partial charge in [0.05, 0.1) is 18.6 Å². The SMILES string of the molecule is COC1CC[C@]2(C)C(=C1C)C(=O)O[C@H]2c1ccoc1. The van der Waals surface area contributed by atoms with Gasteiger partial charge in [-0.25, -0.2) is 4.79 Å². The van der Waals surface area contributed by atoms with Crippen LogP contribution in [0, 0.1) is 5.41 Å². The molecule has 102 valence electrons. The van der Waals surface area contributed by atoms with E-state index >= 15 is 0 Å². The first-order valence-corrected chi connectivity index (χ1v) is 6.55. The highest BCUT2D eigenvalue weighted by molar-refractivity contribution is 5.94. The van der Waals surface area contributed by atoms with Gasteiger partial charge in [-0.1, -0.05) is 6.92 Å². The predicted molar refractivity (Wildman–Crippen MR) is 68.4 cm³/mol. The average molecular weight is 262 g/mol. The molecule has 2 aliphatic rings. The summed E-state index contributed by atoms with van der Waals surface area (Å²) >= 11 is 0. The van der Waals surface area contributed by atoms with Gasteiger partial charge in [-0.3, -0.25) is 0 Å². The third-order valence-electron chi connectivity index (χ3n) is 4.51. The fourth-order valence-electron chi connectivity index (χ4n) is 3.49. The summed E-state index contributed by atoms with van der Waals surface area (Å²) in [6, 6.07) is 1.86. The highest BCUT2D eigenvalue weighted by Crippen LogP contribution is 2.56. The van der Waals surface area contributed by atoms with Crippen LogP contribution in [0.25, 0.3) is 0 Å². The first-order chi connectivity index (χ1) is 9.08. The van der Waals surface area contributed by atoms with E-state index < -0.39 is 0 Å². The largest absolute Gasteiger partial charge is 0.472 e. The van der Waals surface area contributed by atoms with Crippen LogP contribution >= 0.6 is 0 Å². The monoisotopic (exact) mass is 262 g/mol. The van der Waals surface area contributed by atoms with Crippen LogP contribution in [0.15, 0.2) is 34.2 Å². The summed E-state index contributed by atoms with van der Waals surface area (Å²) in [6.45, 7) is 4.07. The molecule has 0 spiro atoms. The smallest absolute Gasteiger partial charge is 0.335 e. The maximum Gasteiger partial charge on any atom is 0.335 e. The highest BCUT2D eigenvalue weighted by atomic mass is 16.6. The van der Waals surface area contributed by atoms with Gasteiger partial charge in [0.25, 0.3) is 0 Å². The second-order valence-corrected chi connectivity index (χ2v) is 5.58. The van der Waals surface area contributed by atoms with Crippen molar-refractivity contribution in [3.8, 4) is 0 Å². The molecule has 0 N–H and O–H groups in total. The molecule has 3 atom stereocenters. The molecule has 0 radical (unpaired) electrons. The van der Waals surface area contributed by atoms with E-state index in [4.69, 9.17) is 13.9 Å². The number of rotatable bonds is 2. The summed E-state index contributed by atoms with van der Waals surface area (Å²) in [4.78, 5) is 12.2. The Labute approximate surface area is 112 Å². The van der Waals surface area contributed by atoms with Crippen LogP contribution in [0.4, 0.5) is 0 Å². The lowest BCUT2D eigenvalue weighted by Crippen LogP contribution is -2.32. The molecule has 1 saturated heterocycles. The molecule has 1 aromatic rings. The molecule has 19 heavy (non-hydrogen) atoms. The van der Waals surface area contributed by atoms with Crippen LogP contribution in [-0.4, -0.2) is 19.2 Å². The van der Waals surface area contributed by atoms with Gasteiger partial charge in [-0.2, -0.15) is 0 Å². The molecule has 1 aliphatic carbocycles. The van der Waals surface area contributed by atoms with Gasteiger partial charge in [0, 0.05) is 23.7 Å². The Morgan fingerprint density at radius 2 is 2.26 bits per heavy atom. The van der Waals surface area contributed by atoms with E-state index in [-0.39, 0.29) is 23.6 Å². The number of hydrogen-bond donors (Lipinski definition) is 0. The van der Waals surface area contributed by atoms with E-state index in [9.17, 15) is 4.79 Å². The minimum Gasteiger partial charge on any atom is -0.472 e. The third kappa shape index (κ3) is 1.66. The van der Waals surface area contributed by atoms with Crippen molar-refractivity contribution in [2.75, 3.05) is 7.11 Å². The molecule has 0 amide bonds. The second kappa shape index (κ2) is 4.23. The van der Waals surface area contributed by atoms with Gasteiger partial charge >= 0.3 is 5.97 Å². The van der Waals surface area contributed by atoms with E-state index in [1.54, 1.807) is 19.6 Å². The molecule has 1 unspecified atom stereocenters. The summed E-state index contributed by atoms with van der Waals surface area (Å²) < 4.78 is 16.2. The van der Waals surface area contributed by atoms with Crippen LogP contribution in [0.3, 0.4) is 0 Å². The van der Waals surface area contributed by atoms with Crippen LogP contribution in [-0.2, 0) is 14.3 Å². The molecule has 0 aromatic carbocycles. The molecular weight excluding hydrogens is 244 g/mol. The predicted octanol–water partition coefficient (Wildman–Crippen LogP) is 3.01. The van der Waals surface area contributed by atoms with Crippen molar-refractivity contribution in [3.05, 3.63) is 35.3 Å². The molecule has 3 rings (SSSR count). The number of carbonyl (C=O) groups excluding carboxylic acids is 1. The Morgan fingerprint density at radius 3 is 2.89 bits per heavy atom. The van der Waals surface area contributed by atoms with Crippen molar-refractivity contribution in [3.63, 3.8) is 0 Å². The van der Waals surface area contributed by atoms with Crippen LogP contribution in [0.1, 0.15) is 38.4 Å². The minimum atomic E-state index is -0.278. The number of fused-ring (bicyclic) bond motifs is 1. The van der Waals surface area contributed by atoms with E-state index in [1.807, 2.05) is 13.0 Å². The van der Waals surface area contributed by atoms with Gasteiger partial charge in [0.2, 0.25) is 0 Å². The van der Waals surface area contributed by atoms with E-state index in [0.717, 1.165) is 29.6 Å². The summed E-state index contributed by atoms with van der Waals surface area (Å²) in [5.74, 6) is -0.215. The van der Waals surface area contributed by atoms with Gasteiger partial charge in [-0.05, 0) is 31.4 Å². The molecule has 1 fully saturated rings. The number of furan rings is 1. The molecule has 1 aromatic heterocycles. The average Bonchev–Trinajstić information content (AvgIpc) is 2.96. The van der Waals surface area contributed by atoms with Gasteiger partial charge in [0.15, 0.2) is 0 Å². The number of ether oxygens (including phenoxy) is 2. The molecule has 0 bridgehead atoms. The maximum absolute atomic E-state index is 12.2. The minimum absolute atomic E-state index is 0.0266. The second-order valence-electron chi connectivity index (χ2n) is 5.58. The van der Waals surface area contributed by atoms with Gasteiger partial charge in [-0.15, -0.1) is 0 Å². The van der Waals surface area contributed by atoms with Crippen molar-refractivity contribution >= 4 is 5.97 Å². The third-order valence-corrected chi connectivity index (χ3v) is 4.51. The Hall–Kier alpha value is -1.55. The van der Waals surface area contributed by atoms with Crippen molar-refractivity contribution < 1.29 is 18.7 Å². The van der Waals surface area contributed by atoms with Crippen molar-refractivity contribution in [1.82, 2.24) is 0 Å². The molecule has 4 nitrogen and oxygen atoms in total. The quantitative estimate of drug-likeness (QED) is 0.769. The van der Waals surface area contributed by atoms with E-state index in [0.29, 0.717) is 0 Å². The zero-order valence-corrected chi connectivity index (χ0v) is 11.4. The topological polar surface area (TPSA) is 48.7 Å². The lowest BCUT2D eigenvalue weighted by molar-refractivity contribution is -0.140. The first kappa shape index (κ1) is 12.5. The summed E-state index contributed by atoms with van der Waals surface area (Å²) in [5, 5.41) is 0. The number of carbonyl (C=O) groups is 1.